The third kappa shape index (κ3) is 7.54. The Labute approximate surface area is 74.2 Å². The van der Waals surface area contributed by atoms with Gasteiger partial charge in [0.05, 0.1) is 0 Å². The molecule has 0 saturated carbocycles. The summed E-state index contributed by atoms with van der Waals surface area (Å²) in [5, 5.41) is 11.1. The maximum absolute atomic E-state index is 10.7. The average Bonchev–Trinajstić information content (AvgIpc) is 2.10. The van der Waals surface area contributed by atoms with Crippen molar-refractivity contribution in [3.05, 3.63) is 0 Å². The van der Waals surface area contributed by atoms with Gasteiger partial charge in [-0.15, -0.1) is 0 Å². The van der Waals surface area contributed by atoms with Crippen LogP contribution in [0.2, 0.25) is 0 Å². The molecule has 3 heteroatoms. The second-order valence-corrected chi connectivity index (χ2v) is 2.91. The molecule has 0 aliphatic carbocycles. The molecule has 3 nitrogen and oxygen atoms in total. The van der Waals surface area contributed by atoms with E-state index >= 15 is 0 Å². The molecular weight excluding hydrogens is 154 g/mol. The molecule has 0 rings (SSSR count). The van der Waals surface area contributed by atoms with Crippen molar-refractivity contribution >= 4 is 5.91 Å². The van der Waals surface area contributed by atoms with E-state index in [4.69, 9.17) is 5.11 Å². The highest BCUT2D eigenvalue weighted by Gasteiger charge is 1.96. The average molecular weight is 173 g/mol. The maximum Gasteiger partial charge on any atom is 0.219 e. The van der Waals surface area contributed by atoms with Gasteiger partial charge in [-0.3, -0.25) is 4.79 Å². The van der Waals surface area contributed by atoms with E-state index in [1.807, 2.05) is 0 Å². The molecule has 0 spiro atoms. The SMILES string of the molecule is CNC(=O)CCCCCCCO. The highest BCUT2D eigenvalue weighted by atomic mass is 16.2. The number of carbonyl (C=O) groups is 1. The van der Waals surface area contributed by atoms with E-state index in [9.17, 15) is 4.79 Å². The van der Waals surface area contributed by atoms with Crippen LogP contribution in [-0.4, -0.2) is 24.7 Å². The zero-order valence-corrected chi connectivity index (χ0v) is 7.81. The lowest BCUT2D eigenvalue weighted by Gasteiger charge is -1.99. The second kappa shape index (κ2) is 8.53. The first-order valence-corrected chi connectivity index (χ1v) is 4.62. The van der Waals surface area contributed by atoms with E-state index in [0.717, 1.165) is 32.1 Å². The van der Waals surface area contributed by atoms with Crippen molar-refractivity contribution in [3.63, 3.8) is 0 Å². The van der Waals surface area contributed by atoms with Crippen LogP contribution in [0.5, 0.6) is 0 Å². The Kier molecular flexibility index (Phi) is 8.12. The number of carbonyl (C=O) groups excluding carboxylic acids is 1. The summed E-state index contributed by atoms with van der Waals surface area (Å²) >= 11 is 0. The lowest BCUT2D eigenvalue weighted by molar-refractivity contribution is -0.120. The predicted molar refractivity (Wildman–Crippen MR) is 48.9 cm³/mol. The molecule has 0 aliphatic rings. The van der Waals surface area contributed by atoms with Gasteiger partial charge in [0.15, 0.2) is 0 Å². The number of amides is 1. The zero-order chi connectivity index (χ0) is 9.23. The maximum atomic E-state index is 10.7. The van der Waals surface area contributed by atoms with Crippen molar-refractivity contribution in [1.82, 2.24) is 5.32 Å². The number of aliphatic hydroxyl groups is 1. The Morgan fingerprint density at radius 2 is 1.75 bits per heavy atom. The van der Waals surface area contributed by atoms with Gasteiger partial charge in [-0.05, 0) is 12.8 Å². The highest BCUT2D eigenvalue weighted by molar-refractivity contribution is 5.75. The third-order valence-corrected chi connectivity index (χ3v) is 1.84. The number of rotatable bonds is 7. The molecule has 0 aromatic rings. The van der Waals surface area contributed by atoms with Crippen LogP contribution < -0.4 is 5.32 Å². The largest absolute Gasteiger partial charge is 0.396 e. The van der Waals surface area contributed by atoms with Crippen LogP contribution in [0.4, 0.5) is 0 Å². The first-order chi connectivity index (χ1) is 5.81. The Morgan fingerprint density at radius 1 is 1.17 bits per heavy atom. The number of nitrogens with one attached hydrogen (secondary N) is 1. The second-order valence-electron chi connectivity index (χ2n) is 2.91. The Hall–Kier alpha value is -0.570. The van der Waals surface area contributed by atoms with E-state index < -0.39 is 0 Å². The molecule has 0 fully saturated rings. The molecule has 0 unspecified atom stereocenters. The number of unbranched alkanes of at least 4 members (excludes halogenated alkanes) is 4. The van der Waals surface area contributed by atoms with Crippen LogP contribution in [0.1, 0.15) is 38.5 Å². The topological polar surface area (TPSA) is 49.3 Å². The van der Waals surface area contributed by atoms with Crippen molar-refractivity contribution < 1.29 is 9.90 Å². The Bertz CT molecular complexity index is 115. The van der Waals surface area contributed by atoms with Gasteiger partial charge in [-0.2, -0.15) is 0 Å². The Morgan fingerprint density at radius 3 is 2.33 bits per heavy atom. The van der Waals surface area contributed by atoms with Gasteiger partial charge in [0.2, 0.25) is 5.91 Å². The standard InChI is InChI=1S/C9H19NO2/c1-10-9(12)7-5-3-2-4-6-8-11/h11H,2-8H2,1H3,(H,10,12). The lowest BCUT2D eigenvalue weighted by Crippen LogP contribution is -2.16. The molecule has 0 aromatic carbocycles. The summed E-state index contributed by atoms with van der Waals surface area (Å²) in [6, 6.07) is 0. The van der Waals surface area contributed by atoms with Crippen LogP contribution in [0.15, 0.2) is 0 Å². The van der Waals surface area contributed by atoms with E-state index in [2.05, 4.69) is 5.32 Å². The van der Waals surface area contributed by atoms with Crippen molar-refractivity contribution in [2.24, 2.45) is 0 Å². The molecule has 0 atom stereocenters. The fraction of sp³-hybridized carbons (Fsp3) is 0.889. The third-order valence-electron chi connectivity index (χ3n) is 1.84. The minimum Gasteiger partial charge on any atom is -0.396 e. The van der Waals surface area contributed by atoms with E-state index in [0.29, 0.717) is 6.42 Å². The molecule has 0 aromatic heterocycles. The van der Waals surface area contributed by atoms with Crippen LogP contribution in [0.25, 0.3) is 0 Å². The number of hydrogen-bond acceptors (Lipinski definition) is 2. The molecule has 0 heterocycles. The van der Waals surface area contributed by atoms with Gasteiger partial charge >= 0.3 is 0 Å². The van der Waals surface area contributed by atoms with Crippen molar-refractivity contribution in [3.8, 4) is 0 Å². The summed E-state index contributed by atoms with van der Waals surface area (Å²) in [6.45, 7) is 0.287. The van der Waals surface area contributed by atoms with Gasteiger partial charge in [0.25, 0.3) is 0 Å². The first-order valence-electron chi connectivity index (χ1n) is 4.62. The van der Waals surface area contributed by atoms with Crippen LogP contribution >= 0.6 is 0 Å². The van der Waals surface area contributed by atoms with Crippen LogP contribution in [-0.2, 0) is 4.79 Å². The molecule has 0 radical (unpaired) electrons. The minimum atomic E-state index is 0.122. The molecule has 1 amide bonds. The Balaban J connectivity index is 2.95. The van der Waals surface area contributed by atoms with Gasteiger partial charge in [-0.25, -0.2) is 0 Å². The summed E-state index contributed by atoms with van der Waals surface area (Å²) in [6.07, 6.45) is 5.77. The molecule has 0 aliphatic heterocycles. The first kappa shape index (κ1) is 11.4. The van der Waals surface area contributed by atoms with Crippen molar-refractivity contribution in [1.29, 1.82) is 0 Å². The molecule has 0 bridgehead atoms. The lowest BCUT2D eigenvalue weighted by atomic mass is 10.1. The molecular formula is C9H19NO2. The highest BCUT2D eigenvalue weighted by Crippen LogP contribution is 2.04. The number of aliphatic hydroxyl groups excluding tert-OH is 1. The fourth-order valence-corrected chi connectivity index (χ4v) is 1.05. The molecule has 72 valence electrons. The van der Waals surface area contributed by atoms with Gasteiger partial charge in [0.1, 0.15) is 0 Å². The van der Waals surface area contributed by atoms with Crippen LogP contribution in [0.3, 0.4) is 0 Å². The van der Waals surface area contributed by atoms with Gasteiger partial charge in [0, 0.05) is 20.1 Å². The zero-order valence-electron chi connectivity index (χ0n) is 7.81. The number of hydrogen-bond donors (Lipinski definition) is 2. The predicted octanol–water partition coefficient (Wildman–Crippen LogP) is 1.07. The van der Waals surface area contributed by atoms with Crippen molar-refractivity contribution in [2.75, 3.05) is 13.7 Å². The molecule has 0 saturated heterocycles. The summed E-state index contributed by atoms with van der Waals surface area (Å²) in [5.74, 6) is 0.122. The summed E-state index contributed by atoms with van der Waals surface area (Å²) in [4.78, 5) is 10.7. The minimum absolute atomic E-state index is 0.122. The van der Waals surface area contributed by atoms with E-state index in [1.54, 1.807) is 7.05 Å². The fourth-order valence-electron chi connectivity index (χ4n) is 1.05. The summed E-state index contributed by atoms with van der Waals surface area (Å²) in [5.41, 5.74) is 0. The normalized spacial score (nSPS) is 9.83. The molecule has 12 heavy (non-hydrogen) atoms. The van der Waals surface area contributed by atoms with Gasteiger partial charge in [-0.1, -0.05) is 19.3 Å². The quantitative estimate of drug-likeness (QED) is 0.566. The molecule has 2 N–H and O–H groups in total. The van der Waals surface area contributed by atoms with Gasteiger partial charge < -0.3 is 10.4 Å². The summed E-state index contributed by atoms with van der Waals surface area (Å²) in [7, 11) is 1.66. The smallest absolute Gasteiger partial charge is 0.219 e. The summed E-state index contributed by atoms with van der Waals surface area (Å²) < 4.78 is 0. The van der Waals surface area contributed by atoms with Crippen molar-refractivity contribution in [2.45, 2.75) is 38.5 Å². The van der Waals surface area contributed by atoms with Crippen LogP contribution in [0, 0.1) is 0 Å². The van der Waals surface area contributed by atoms with E-state index in [1.165, 1.54) is 0 Å². The monoisotopic (exact) mass is 173 g/mol. The van der Waals surface area contributed by atoms with E-state index in [-0.39, 0.29) is 12.5 Å².